The lowest BCUT2D eigenvalue weighted by Gasteiger charge is -2.15. The Morgan fingerprint density at radius 3 is 2.12 bits per heavy atom. The summed E-state index contributed by atoms with van der Waals surface area (Å²) in [5, 5.41) is 3.27. The van der Waals surface area contributed by atoms with E-state index >= 15 is 0 Å². The van der Waals surface area contributed by atoms with Crippen LogP contribution in [0.3, 0.4) is 0 Å². The highest BCUT2D eigenvalue weighted by molar-refractivity contribution is 7.92. The second-order valence-corrected chi connectivity index (χ2v) is 12.0. The number of nitrogens with one attached hydrogen (secondary N) is 3. The van der Waals surface area contributed by atoms with E-state index in [-0.39, 0.29) is 22.2 Å². The smallest absolute Gasteiger partial charge is 0.355 e. The molecule has 0 atom stereocenters. The van der Waals surface area contributed by atoms with Gasteiger partial charge in [-0.2, -0.15) is 13.2 Å². The average molecular weight is 592 g/mol. The minimum absolute atomic E-state index is 0.0507. The molecule has 0 saturated carbocycles. The van der Waals surface area contributed by atoms with Crippen LogP contribution in [0, 0.1) is 0 Å². The van der Waals surface area contributed by atoms with E-state index in [2.05, 4.69) is 34.9 Å². The van der Waals surface area contributed by atoms with Crippen LogP contribution in [-0.2, 0) is 22.6 Å². The number of H-pyrrole nitrogens is 1. The molecule has 0 aliphatic rings. The summed E-state index contributed by atoms with van der Waals surface area (Å²) in [4.78, 5) is 14.1. The van der Waals surface area contributed by atoms with Crippen LogP contribution in [0.5, 0.6) is 0 Å². The van der Waals surface area contributed by atoms with Crippen molar-refractivity contribution in [2.24, 2.45) is 0 Å². The Morgan fingerprint density at radius 2 is 1.45 bits per heavy atom. The first-order valence-corrected chi connectivity index (χ1v) is 14.7. The number of halogens is 3. The number of aromatic amines is 1. The highest BCUT2D eigenvalue weighted by Gasteiger charge is 2.33. The van der Waals surface area contributed by atoms with Crippen molar-refractivity contribution in [3.8, 4) is 0 Å². The number of aromatic nitrogens is 1. The highest BCUT2D eigenvalue weighted by atomic mass is 32.2. The van der Waals surface area contributed by atoms with Crippen molar-refractivity contribution in [1.29, 1.82) is 0 Å². The minimum atomic E-state index is -4.68. The molecule has 0 spiro atoms. The summed E-state index contributed by atoms with van der Waals surface area (Å²) >= 11 is 0. The fraction of sp³-hybridized carbons (Fsp3) is 0.156. The van der Waals surface area contributed by atoms with Gasteiger partial charge in [-0.25, -0.2) is 8.42 Å². The van der Waals surface area contributed by atoms with Crippen LogP contribution >= 0.6 is 0 Å². The van der Waals surface area contributed by atoms with Crippen molar-refractivity contribution in [1.82, 2.24) is 4.98 Å². The zero-order valence-corrected chi connectivity index (χ0v) is 23.6. The summed E-state index contributed by atoms with van der Waals surface area (Å²) in [5.41, 5.74) is 2.94. The summed E-state index contributed by atoms with van der Waals surface area (Å²) < 4.78 is 69.1. The van der Waals surface area contributed by atoms with E-state index in [1.54, 1.807) is 42.5 Å². The number of anilines is 3. The number of alkyl halides is 3. The number of pyridine rings is 1. The van der Waals surface area contributed by atoms with Crippen molar-refractivity contribution < 1.29 is 21.6 Å². The quantitative estimate of drug-likeness (QED) is 0.172. The Morgan fingerprint density at radius 1 is 0.810 bits per heavy atom. The minimum Gasteiger partial charge on any atom is -0.355 e. The van der Waals surface area contributed by atoms with Crippen molar-refractivity contribution in [2.45, 2.75) is 37.3 Å². The third-order valence-electron chi connectivity index (χ3n) is 6.85. The van der Waals surface area contributed by atoms with Gasteiger partial charge in [0.15, 0.2) is 0 Å². The van der Waals surface area contributed by atoms with Crippen LogP contribution < -0.4 is 15.6 Å². The van der Waals surface area contributed by atoms with E-state index < -0.39 is 27.3 Å². The Labute approximate surface area is 241 Å². The van der Waals surface area contributed by atoms with Gasteiger partial charge in [-0.15, -0.1) is 0 Å². The second kappa shape index (κ2) is 11.4. The molecule has 1 aromatic heterocycles. The standard InChI is InChI=1S/C32H28F3N3O3S/c1-20(2)26-5-3-4-6-29(26)36-23-10-12-24(13-11-23)38-42(40,41)25-14-7-21(8-15-25)17-22-9-16-30-27(18-22)28(32(33,34)35)19-31(39)37-30/h3-16,18-20,36,38H,17H2,1-2H3,(H,37,39). The fourth-order valence-corrected chi connectivity index (χ4v) is 5.83. The predicted molar refractivity (Wildman–Crippen MR) is 160 cm³/mol. The van der Waals surface area contributed by atoms with E-state index in [4.69, 9.17) is 0 Å². The molecule has 0 radical (unpaired) electrons. The summed E-state index contributed by atoms with van der Waals surface area (Å²) in [6.07, 6.45) is -4.40. The van der Waals surface area contributed by atoms with Gasteiger partial charge in [0.05, 0.1) is 10.5 Å². The summed E-state index contributed by atoms with van der Waals surface area (Å²) in [5.74, 6) is 0.341. The van der Waals surface area contributed by atoms with Crippen LogP contribution in [0.2, 0.25) is 0 Å². The lowest BCUT2D eigenvalue weighted by Crippen LogP contribution is -2.14. The molecule has 5 aromatic rings. The highest BCUT2D eigenvalue weighted by Crippen LogP contribution is 2.34. The zero-order chi connectivity index (χ0) is 30.1. The lowest BCUT2D eigenvalue weighted by atomic mass is 10.0. The Kier molecular flexibility index (Phi) is 7.83. The van der Waals surface area contributed by atoms with E-state index in [0.717, 1.165) is 11.4 Å². The number of para-hydroxylation sites is 1. The van der Waals surface area contributed by atoms with Gasteiger partial charge < -0.3 is 10.3 Å². The molecule has 0 saturated heterocycles. The van der Waals surface area contributed by atoms with E-state index in [0.29, 0.717) is 28.8 Å². The van der Waals surface area contributed by atoms with Gasteiger partial charge in [0.2, 0.25) is 5.56 Å². The van der Waals surface area contributed by atoms with Crippen molar-refractivity contribution >= 4 is 38.0 Å². The molecule has 216 valence electrons. The predicted octanol–water partition coefficient (Wildman–Crippen LogP) is 7.81. The van der Waals surface area contributed by atoms with E-state index in [1.165, 1.54) is 29.8 Å². The molecule has 0 fully saturated rings. The van der Waals surface area contributed by atoms with Gasteiger partial charge in [0, 0.05) is 34.0 Å². The Bertz CT molecular complexity index is 1900. The van der Waals surface area contributed by atoms with Gasteiger partial charge in [-0.3, -0.25) is 9.52 Å². The normalized spacial score (nSPS) is 12.0. The summed E-state index contributed by atoms with van der Waals surface area (Å²) in [7, 11) is -3.88. The number of hydrogen-bond acceptors (Lipinski definition) is 4. The first-order valence-electron chi connectivity index (χ1n) is 13.2. The van der Waals surface area contributed by atoms with Crippen LogP contribution in [0.1, 0.15) is 42.0 Å². The third kappa shape index (κ3) is 6.49. The third-order valence-corrected chi connectivity index (χ3v) is 8.25. The number of rotatable bonds is 8. The molecule has 10 heteroatoms. The van der Waals surface area contributed by atoms with Crippen molar-refractivity contribution in [3.05, 3.63) is 130 Å². The number of benzene rings is 4. The maximum atomic E-state index is 13.5. The Balaban J connectivity index is 1.29. The van der Waals surface area contributed by atoms with Crippen LogP contribution in [-0.4, -0.2) is 13.4 Å². The molecule has 3 N–H and O–H groups in total. The summed E-state index contributed by atoms with van der Waals surface area (Å²) in [6, 6.07) is 26.1. The molecule has 0 bridgehead atoms. The molecule has 1 heterocycles. The van der Waals surface area contributed by atoms with Crippen LogP contribution in [0.4, 0.5) is 30.2 Å². The SMILES string of the molecule is CC(C)c1ccccc1Nc1ccc(NS(=O)(=O)c2ccc(Cc3ccc4[nH]c(=O)cc(C(F)(F)F)c4c3)cc2)cc1. The average Bonchev–Trinajstić information content (AvgIpc) is 2.94. The summed E-state index contributed by atoms with van der Waals surface area (Å²) in [6.45, 7) is 4.23. The number of fused-ring (bicyclic) bond motifs is 1. The largest absolute Gasteiger partial charge is 0.417 e. The first kappa shape index (κ1) is 28.9. The van der Waals surface area contributed by atoms with Gasteiger partial charge in [-0.05, 0) is 83.6 Å². The molecule has 0 aliphatic heterocycles. The first-order chi connectivity index (χ1) is 19.9. The van der Waals surface area contributed by atoms with Gasteiger partial charge >= 0.3 is 6.18 Å². The lowest BCUT2D eigenvalue weighted by molar-refractivity contribution is -0.136. The van der Waals surface area contributed by atoms with Crippen molar-refractivity contribution in [2.75, 3.05) is 10.0 Å². The molecular formula is C32H28F3N3O3S. The van der Waals surface area contributed by atoms with Gasteiger partial charge in [0.25, 0.3) is 10.0 Å². The van der Waals surface area contributed by atoms with Gasteiger partial charge in [0.1, 0.15) is 0 Å². The topological polar surface area (TPSA) is 91.1 Å². The monoisotopic (exact) mass is 591 g/mol. The molecule has 5 rings (SSSR count). The van der Waals surface area contributed by atoms with Crippen LogP contribution in [0.25, 0.3) is 10.9 Å². The molecular weight excluding hydrogens is 563 g/mol. The zero-order valence-electron chi connectivity index (χ0n) is 22.8. The molecule has 6 nitrogen and oxygen atoms in total. The van der Waals surface area contributed by atoms with Crippen LogP contribution in [0.15, 0.2) is 107 Å². The van der Waals surface area contributed by atoms with Crippen molar-refractivity contribution in [3.63, 3.8) is 0 Å². The Hall–Kier alpha value is -4.57. The maximum Gasteiger partial charge on any atom is 0.417 e. The van der Waals surface area contributed by atoms with Gasteiger partial charge in [-0.1, -0.05) is 50.2 Å². The molecule has 4 aromatic carbocycles. The molecule has 0 aliphatic carbocycles. The van der Waals surface area contributed by atoms with E-state index in [9.17, 15) is 26.4 Å². The fourth-order valence-electron chi connectivity index (χ4n) is 4.77. The second-order valence-electron chi connectivity index (χ2n) is 10.3. The maximum absolute atomic E-state index is 13.5. The number of hydrogen-bond donors (Lipinski definition) is 3. The number of sulfonamides is 1. The van der Waals surface area contributed by atoms with E-state index in [1.807, 2.05) is 18.2 Å². The molecule has 0 unspecified atom stereocenters. The molecule has 0 amide bonds. The molecule has 42 heavy (non-hydrogen) atoms.